The molecule has 1 N–H and O–H groups in total. The van der Waals surface area contributed by atoms with Crippen LogP contribution in [0.5, 0.6) is 0 Å². The number of nitrogens with one attached hydrogen (secondary N) is 1. The van der Waals surface area contributed by atoms with Crippen molar-refractivity contribution in [3.63, 3.8) is 0 Å². The summed E-state index contributed by atoms with van der Waals surface area (Å²) in [4.78, 5) is 24.3. The molecule has 0 saturated carbocycles. The van der Waals surface area contributed by atoms with Gasteiger partial charge in [0, 0.05) is 22.0 Å². The summed E-state index contributed by atoms with van der Waals surface area (Å²) in [5.41, 5.74) is 1.21. The molecule has 31 heavy (non-hydrogen) atoms. The molecule has 0 bridgehead atoms. The van der Waals surface area contributed by atoms with Crippen LogP contribution >= 0.6 is 11.6 Å². The van der Waals surface area contributed by atoms with Gasteiger partial charge in [0.25, 0.3) is 0 Å². The standard InChI is InChI=1S/C22H18ClNO6S/c1-3-9-24-31(27,28)17-7-5-15(6-8-17)22(26)29-13-16-11-21(25)30-20-10-14(4-2)19(23)12-18(16)20/h1,5-8,10-12,24H,4,9,13H2,2H3. The van der Waals surface area contributed by atoms with Crippen molar-refractivity contribution in [1.29, 1.82) is 0 Å². The van der Waals surface area contributed by atoms with E-state index in [0.717, 1.165) is 5.56 Å². The highest BCUT2D eigenvalue weighted by Gasteiger charge is 2.16. The maximum absolute atomic E-state index is 12.4. The number of carbonyl (C=O) groups is 1. The van der Waals surface area contributed by atoms with E-state index in [2.05, 4.69) is 10.6 Å². The highest BCUT2D eigenvalue weighted by atomic mass is 35.5. The lowest BCUT2D eigenvalue weighted by atomic mass is 10.1. The predicted octanol–water partition coefficient (Wildman–Crippen LogP) is 3.28. The van der Waals surface area contributed by atoms with E-state index in [1.54, 1.807) is 12.1 Å². The second-order valence-electron chi connectivity index (χ2n) is 6.51. The Morgan fingerprint density at radius 2 is 1.90 bits per heavy atom. The number of fused-ring (bicyclic) bond motifs is 1. The molecule has 9 heteroatoms. The third-order valence-corrected chi connectivity index (χ3v) is 6.27. The molecule has 0 unspecified atom stereocenters. The lowest BCUT2D eigenvalue weighted by Gasteiger charge is -2.10. The average Bonchev–Trinajstić information content (AvgIpc) is 2.75. The average molecular weight is 460 g/mol. The van der Waals surface area contributed by atoms with E-state index >= 15 is 0 Å². The Labute approximate surface area is 184 Å². The number of rotatable bonds is 7. The van der Waals surface area contributed by atoms with Gasteiger partial charge >= 0.3 is 11.6 Å². The van der Waals surface area contributed by atoms with Gasteiger partial charge in [-0.15, -0.1) is 6.42 Å². The van der Waals surface area contributed by atoms with Crippen LogP contribution in [0.3, 0.4) is 0 Å². The van der Waals surface area contributed by atoms with Crippen LogP contribution in [0.15, 0.2) is 56.6 Å². The summed E-state index contributed by atoms with van der Waals surface area (Å²) in [5, 5.41) is 1.09. The topological polar surface area (TPSA) is 103 Å². The minimum absolute atomic E-state index is 0.0349. The third kappa shape index (κ3) is 5.14. The summed E-state index contributed by atoms with van der Waals surface area (Å²) in [6, 6.07) is 9.80. The Balaban J connectivity index is 1.79. The highest BCUT2D eigenvalue weighted by Crippen LogP contribution is 2.26. The fourth-order valence-electron chi connectivity index (χ4n) is 2.90. The monoisotopic (exact) mass is 459 g/mol. The molecule has 3 rings (SSSR count). The highest BCUT2D eigenvalue weighted by molar-refractivity contribution is 7.89. The van der Waals surface area contributed by atoms with Crippen molar-refractivity contribution in [2.75, 3.05) is 6.54 Å². The maximum Gasteiger partial charge on any atom is 0.338 e. The molecule has 0 aliphatic rings. The number of halogens is 1. The molecule has 160 valence electrons. The lowest BCUT2D eigenvalue weighted by Crippen LogP contribution is -2.23. The number of ether oxygens (including phenoxy) is 1. The van der Waals surface area contributed by atoms with E-state index in [4.69, 9.17) is 27.2 Å². The second-order valence-corrected chi connectivity index (χ2v) is 8.69. The number of sulfonamides is 1. The SMILES string of the molecule is C#CCNS(=O)(=O)c1ccc(C(=O)OCc2cc(=O)oc3cc(CC)c(Cl)cc23)cc1. The molecule has 2 aromatic carbocycles. The van der Waals surface area contributed by atoms with Crippen LogP contribution in [-0.2, 0) is 27.8 Å². The summed E-state index contributed by atoms with van der Waals surface area (Å²) in [6.45, 7) is 1.60. The number of terminal acetylenes is 1. The Morgan fingerprint density at radius 1 is 1.19 bits per heavy atom. The van der Waals surface area contributed by atoms with Crippen LogP contribution in [0.25, 0.3) is 11.0 Å². The zero-order chi connectivity index (χ0) is 22.6. The van der Waals surface area contributed by atoms with Crippen LogP contribution in [0.1, 0.15) is 28.4 Å². The van der Waals surface area contributed by atoms with Gasteiger partial charge in [0.1, 0.15) is 12.2 Å². The van der Waals surface area contributed by atoms with Gasteiger partial charge in [-0.1, -0.05) is 24.4 Å². The van der Waals surface area contributed by atoms with Crippen molar-refractivity contribution >= 4 is 38.6 Å². The van der Waals surface area contributed by atoms with Crippen molar-refractivity contribution in [3.8, 4) is 12.3 Å². The number of carbonyl (C=O) groups excluding carboxylic acids is 1. The number of aryl methyl sites for hydroxylation is 1. The zero-order valence-electron chi connectivity index (χ0n) is 16.5. The Kier molecular flexibility index (Phi) is 6.81. The summed E-state index contributed by atoms with van der Waals surface area (Å²) in [6.07, 6.45) is 5.72. The van der Waals surface area contributed by atoms with Gasteiger partial charge in [0.2, 0.25) is 10.0 Å². The molecule has 0 amide bonds. The van der Waals surface area contributed by atoms with Gasteiger partial charge in [0.05, 0.1) is 17.0 Å². The van der Waals surface area contributed by atoms with Gasteiger partial charge < -0.3 is 9.15 Å². The molecule has 0 fully saturated rings. The molecule has 7 nitrogen and oxygen atoms in total. The molecular weight excluding hydrogens is 442 g/mol. The van der Waals surface area contributed by atoms with E-state index in [1.165, 1.54) is 30.3 Å². The summed E-state index contributed by atoms with van der Waals surface area (Å²) >= 11 is 6.26. The van der Waals surface area contributed by atoms with Crippen LogP contribution in [0, 0.1) is 12.3 Å². The van der Waals surface area contributed by atoms with Gasteiger partial charge in [-0.05, 0) is 48.4 Å². The first-order chi connectivity index (χ1) is 14.7. The molecule has 0 radical (unpaired) electrons. The van der Waals surface area contributed by atoms with Crippen molar-refractivity contribution in [1.82, 2.24) is 4.72 Å². The molecule has 0 saturated heterocycles. The first kappa shape index (κ1) is 22.6. The molecule has 0 atom stereocenters. The largest absolute Gasteiger partial charge is 0.457 e. The summed E-state index contributed by atoms with van der Waals surface area (Å²) in [5.74, 6) is 1.50. The first-order valence-electron chi connectivity index (χ1n) is 9.20. The first-order valence-corrected chi connectivity index (χ1v) is 11.1. The quantitative estimate of drug-likeness (QED) is 0.330. The minimum atomic E-state index is -3.76. The Morgan fingerprint density at radius 3 is 2.55 bits per heavy atom. The van der Waals surface area contributed by atoms with Gasteiger partial charge in [-0.2, -0.15) is 4.72 Å². The van der Waals surface area contributed by atoms with Crippen molar-refractivity contribution in [2.45, 2.75) is 24.8 Å². The second kappa shape index (κ2) is 9.35. The molecule has 0 aliphatic heterocycles. The number of esters is 1. The smallest absolute Gasteiger partial charge is 0.338 e. The number of benzene rings is 2. The van der Waals surface area contributed by atoms with Crippen molar-refractivity contribution in [3.05, 3.63) is 74.6 Å². The van der Waals surface area contributed by atoms with Crippen LogP contribution in [-0.4, -0.2) is 20.9 Å². The molecule has 3 aromatic rings. The molecule has 0 spiro atoms. The molecule has 0 aliphatic carbocycles. The van der Waals surface area contributed by atoms with Crippen molar-refractivity contribution in [2.24, 2.45) is 0 Å². The van der Waals surface area contributed by atoms with E-state index in [0.29, 0.717) is 28.0 Å². The van der Waals surface area contributed by atoms with E-state index in [1.807, 2.05) is 6.92 Å². The zero-order valence-corrected chi connectivity index (χ0v) is 18.0. The third-order valence-electron chi connectivity index (χ3n) is 4.50. The van der Waals surface area contributed by atoms with Crippen molar-refractivity contribution < 1.29 is 22.4 Å². The van der Waals surface area contributed by atoms with Gasteiger partial charge in [0.15, 0.2) is 0 Å². The van der Waals surface area contributed by atoms with Gasteiger partial charge in [-0.25, -0.2) is 18.0 Å². The predicted molar refractivity (Wildman–Crippen MR) is 116 cm³/mol. The fraction of sp³-hybridized carbons (Fsp3) is 0.182. The van der Waals surface area contributed by atoms with Crippen LogP contribution in [0.2, 0.25) is 5.02 Å². The normalized spacial score (nSPS) is 11.3. The molecular formula is C22H18ClNO6S. The van der Waals surface area contributed by atoms with Gasteiger partial charge in [-0.3, -0.25) is 0 Å². The molecule has 1 aromatic heterocycles. The fourth-order valence-corrected chi connectivity index (χ4v) is 4.13. The van der Waals surface area contributed by atoms with E-state index < -0.39 is 21.6 Å². The number of hydrogen-bond donors (Lipinski definition) is 1. The minimum Gasteiger partial charge on any atom is -0.457 e. The van der Waals surface area contributed by atoms with E-state index in [-0.39, 0.29) is 23.6 Å². The Bertz CT molecular complexity index is 1340. The van der Waals surface area contributed by atoms with Crippen LogP contribution in [0.4, 0.5) is 0 Å². The van der Waals surface area contributed by atoms with Crippen LogP contribution < -0.4 is 10.3 Å². The Hall–Kier alpha value is -3.12. The summed E-state index contributed by atoms with van der Waals surface area (Å²) in [7, 11) is -3.76. The lowest BCUT2D eigenvalue weighted by molar-refractivity contribution is 0.0473. The van der Waals surface area contributed by atoms with E-state index in [9.17, 15) is 18.0 Å². The number of hydrogen-bond acceptors (Lipinski definition) is 6. The maximum atomic E-state index is 12.4. The summed E-state index contributed by atoms with van der Waals surface area (Å²) < 4.78 is 36.9. The molecule has 1 heterocycles.